The van der Waals surface area contributed by atoms with Gasteiger partial charge in [0.15, 0.2) is 0 Å². The van der Waals surface area contributed by atoms with E-state index in [9.17, 15) is 0 Å². The second kappa shape index (κ2) is 9.77. The first kappa shape index (κ1) is 24.3. The first-order valence-corrected chi connectivity index (χ1v) is 14.1. The lowest BCUT2D eigenvalue weighted by Crippen LogP contribution is -1.94. The van der Waals surface area contributed by atoms with Crippen LogP contribution < -0.4 is 0 Å². The Bertz CT molecular complexity index is 1990. The Morgan fingerprint density at radius 2 is 1.02 bits per heavy atom. The monoisotopic (exact) mass is 513 g/mol. The first-order chi connectivity index (χ1) is 19.6. The van der Waals surface area contributed by atoms with Gasteiger partial charge in [-0.1, -0.05) is 123 Å². The SMILES string of the molecule is Cc1cccc(-c2cccc(-c3c4ccccc4c(-c4cccc5c(C(C)C)cccc45)c4ccccc34)c2)n1. The van der Waals surface area contributed by atoms with Crippen LogP contribution in [0.25, 0.3) is 65.8 Å². The summed E-state index contributed by atoms with van der Waals surface area (Å²) >= 11 is 0. The van der Waals surface area contributed by atoms with Crippen molar-refractivity contribution in [1.29, 1.82) is 0 Å². The Labute approximate surface area is 235 Å². The molecule has 1 nitrogen and oxygen atoms in total. The molecule has 1 aromatic heterocycles. The molecule has 1 heteroatoms. The summed E-state index contributed by atoms with van der Waals surface area (Å²) in [6.07, 6.45) is 0. The maximum Gasteiger partial charge on any atom is 0.0705 e. The van der Waals surface area contributed by atoms with Gasteiger partial charge < -0.3 is 0 Å². The molecule has 0 radical (unpaired) electrons. The summed E-state index contributed by atoms with van der Waals surface area (Å²) in [6, 6.07) is 46.4. The summed E-state index contributed by atoms with van der Waals surface area (Å²) in [5, 5.41) is 7.73. The Morgan fingerprint density at radius 1 is 0.475 bits per heavy atom. The molecule has 1 heterocycles. The van der Waals surface area contributed by atoms with Crippen LogP contribution in [0.15, 0.2) is 127 Å². The largest absolute Gasteiger partial charge is 0.253 e. The molecule has 0 unspecified atom stereocenters. The number of hydrogen-bond acceptors (Lipinski definition) is 1. The van der Waals surface area contributed by atoms with Crippen LogP contribution in [0.1, 0.15) is 31.0 Å². The van der Waals surface area contributed by atoms with E-state index in [1.807, 2.05) is 13.0 Å². The van der Waals surface area contributed by atoms with E-state index in [0.717, 1.165) is 17.0 Å². The van der Waals surface area contributed by atoms with Crippen molar-refractivity contribution < 1.29 is 0 Å². The summed E-state index contributed by atoms with van der Waals surface area (Å²) in [6.45, 7) is 6.60. The van der Waals surface area contributed by atoms with E-state index >= 15 is 0 Å². The Kier molecular flexibility index (Phi) is 5.94. The van der Waals surface area contributed by atoms with Gasteiger partial charge in [-0.25, -0.2) is 0 Å². The van der Waals surface area contributed by atoms with Gasteiger partial charge in [0.25, 0.3) is 0 Å². The van der Waals surface area contributed by atoms with Gasteiger partial charge in [0, 0.05) is 11.3 Å². The maximum atomic E-state index is 4.80. The summed E-state index contributed by atoms with van der Waals surface area (Å²) in [7, 11) is 0. The quantitative estimate of drug-likeness (QED) is 0.213. The normalized spacial score (nSPS) is 11.6. The molecule has 0 aliphatic heterocycles. The van der Waals surface area contributed by atoms with Gasteiger partial charge >= 0.3 is 0 Å². The Balaban J connectivity index is 1.56. The highest BCUT2D eigenvalue weighted by Gasteiger charge is 2.19. The van der Waals surface area contributed by atoms with E-state index in [4.69, 9.17) is 4.98 Å². The minimum Gasteiger partial charge on any atom is -0.253 e. The topological polar surface area (TPSA) is 12.9 Å². The number of rotatable bonds is 4. The first-order valence-electron chi connectivity index (χ1n) is 14.1. The van der Waals surface area contributed by atoms with Crippen LogP contribution >= 0.6 is 0 Å². The Hall–Kier alpha value is -4.75. The molecule has 0 saturated carbocycles. The zero-order valence-corrected chi connectivity index (χ0v) is 23.1. The second-order valence-electron chi connectivity index (χ2n) is 11.0. The summed E-state index contributed by atoms with van der Waals surface area (Å²) in [5.74, 6) is 0.463. The van der Waals surface area contributed by atoms with Crippen LogP contribution in [0, 0.1) is 6.92 Å². The molecular formula is C39H31N. The smallest absolute Gasteiger partial charge is 0.0705 e. The number of fused-ring (bicyclic) bond motifs is 3. The molecule has 7 aromatic rings. The maximum absolute atomic E-state index is 4.80. The molecular weight excluding hydrogens is 482 g/mol. The number of hydrogen-bond donors (Lipinski definition) is 0. The van der Waals surface area contributed by atoms with Gasteiger partial charge in [-0.3, -0.25) is 4.98 Å². The number of benzene rings is 6. The highest BCUT2D eigenvalue weighted by atomic mass is 14.7. The molecule has 6 aromatic carbocycles. The van der Waals surface area contributed by atoms with Crippen molar-refractivity contribution in [3.8, 4) is 33.5 Å². The molecule has 0 bridgehead atoms. The molecule has 40 heavy (non-hydrogen) atoms. The third kappa shape index (κ3) is 3.98. The summed E-state index contributed by atoms with van der Waals surface area (Å²) in [4.78, 5) is 4.80. The number of aromatic nitrogens is 1. The lowest BCUT2D eigenvalue weighted by molar-refractivity contribution is 0.876. The molecule has 0 saturated heterocycles. The standard InChI is InChI=1S/C39H31N/c1-25(2)29-19-10-21-31-30(29)20-11-22-32(31)39-35-17-6-4-15-33(35)38(34-16-5-7-18-36(34)39)28-14-9-13-27(24-28)37-23-8-12-26(3)40-37/h4-25H,1-3H3. The van der Waals surface area contributed by atoms with Gasteiger partial charge in [-0.2, -0.15) is 0 Å². The van der Waals surface area contributed by atoms with Gasteiger partial charge in [-0.05, 0) is 91.2 Å². The number of pyridine rings is 1. The average Bonchev–Trinajstić information content (AvgIpc) is 2.99. The predicted molar refractivity (Wildman–Crippen MR) is 172 cm³/mol. The van der Waals surface area contributed by atoms with Gasteiger partial charge in [0.2, 0.25) is 0 Å². The molecule has 0 aliphatic carbocycles. The highest BCUT2D eigenvalue weighted by Crippen LogP contribution is 2.46. The van der Waals surface area contributed by atoms with Crippen LogP contribution in [-0.2, 0) is 0 Å². The van der Waals surface area contributed by atoms with E-state index < -0.39 is 0 Å². The fourth-order valence-corrected chi connectivity index (χ4v) is 6.32. The third-order valence-corrected chi connectivity index (χ3v) is 8.11. The minimum absolute atomic E-state index is 0.463. The summed E-state index contributed by atoms with van der Waals surface area (Å²) in [5.41, 5.74) is 9.63. The number of nitrogens with zero attached hydrogens (tertiary/aromatic N) is 1. The van der Waals surface area contributed by atoms with E-state index in [2.05, 4.69) is 135 Å². The second-order valence-corrected chi connectivity index (χ2v) is 11.0. The van der Waals surface area contributed by atoms with Crippen molar-refractivity contribution in [3.05, 3.63) is 139 Å². The average molecular weight is 514 g/mol. The van der Waals surface area contributed by atoms with Crippen LogP contribution in [0.2, 0.25) is 0 Å². The lowest BCUT2D eigenvalue weighted by Gasteiger charge is -2.20. The molecule has 192 valence electrons. The van der Waals surface area contributed by atoms with Crippen LogP contribution in [-0.4, -0.2) is 4.98 Å². The van der Waals surface area contributed by atoms with Crippen LogP contribution in [0.5, 0.6) is 0 Å². The van der Waals surface area contributed by atoms with Crippen molar-refractivity contribution in [1.82, 2.24) is 4.98 Å². The summed E-state index contributed by atoms with van der Waals surface area (Å²) < 4.78 is 0. The fourth-order valence-electron chi connectivity index (χ4n) is 6.32. The highest BCUT2D eigenvalue weighted by molar-refractivity contribution is 6.23. The van der Waals surface area contributed by atoms with E-state index in [-0.39, 0.29) is 0 Å². The zero-order valence-electron chi connectivity index (χ0n) is 23.1. The van der Waals surface area contributed by atoms with E-state index in [1.54, 1.807) is 0 Å². The molecule has 7 rings (SSSR count). The van der Waals surface area contributed by atoms with Crippen LogP contribution in [0.3, 0.4) is 0 Å². The van der Waals surface area contributed by atoms with Crippen molar-refractivity contribution in [2.24, 2.45) is 0 Å². The van der Waals surface area contributed by atoms with E-state index in [1.165, 1.54) is 60.1 Å². The lowest BCUT2D eigenvalue weighted by atomic mass is 9.83. The third-order valence-electron chi connectivity index (χ3n) is 8.11. The van der Waals surface area contributed by atoms with Crippen LogP contribution in [0.4, 0.5) is 0 Å². The zero-order chi connectivity index (χ0) is 27.2. The van der Waals surface area contributed by atoms with Gasteiger partial charge in [0.05, 0.1) is 5.69 Å². The molecule has 0 N–H and O–H groups in total. The molecule has 0 aliphatic rings. The van der Waals surface area contributed by atoms with Crippen molar-refractivity contribution in [2.75, 3.05) is 0 Å². The minimum atomic E-state index is 0.463. The molecule has 0 atom stereocenters. The van der Waals surface area contributed by atoms with Crippen molar-refractivity contribution in [3.63, 3.8) is 0 Å². The molecule has 0 fully saturated rings. The van der Waals surface area contributed by atoms with Gasteiger partial charge in [0.1, 0.15) is 0 Å². The van der Waals surface area contributed by atoms with E-state index in [0.29, 0.717) is 5.92 Å². The fraction of sp³-hybridized carbons (Fsp3) is 0.103. The van der Waals surface area contributed by atoms with Crippen molar-refractivity contribution in [2.45, 2.75) is 26.7 Å². The Morgan fingerprint density at radius 3 is 1.70 bits per heavy atom. The van der Waals surface area contributed by atoms with Gasteiger partial charge in [-0.15, -0.1) is 0 Å². The van der Waals surface area contributed by atoms with Crippen molar-refractivity contribution >= 4 is 32.3 Å². The predicted octanol–water partition coefficient (Wildman–Crippen LogP) is 11.0. The number of aryl methyl sites for hydroxylation is 1. The molecule has 0 amide bonds. The molecule has 0 spiro atoms.